The molecule has 1 aromatic rings. The molecule has 0 aliphatic carbocycles. The van der Waals surface area contributed by atoms with Crippen LogP contribution in [0.2, 0.25) is 0 Å². The molecule has 0 saturated carbocycles. The Bertz CT molecular complexity index is 448. The Morgan fingerprint density at radius 1 is 1.14 bits per heavy atom. The van der Waals surface area contributed by atoms with Crippen LogP contribution in [0, 0.1) is 0 Å². The fraction of sp³-hybridized carbons (Fsp3) is 0.533. The number of rotatable bonds is 8. The number of carbonyl (C=O) groups excluding carboxylic acids is 1. The summed E-state index contributed by atoms with van der Waals surface area (Å²) < 4.78 is 20.6. The van der Waals surface area contributed by atoms with Crippen LogP contribution < -0.4 is 19.5 Å². The average molecular weight is 297 g/mol. The van der Waals surface area contributed by atoms with Crippen molar-refractivity contribution < 1.29 is 23.7 Å². The first-order chi connectivity index (χ1) is 10.0. The summed E-state index contributed by atoms with van der Waals surface area (Å²) >= 11 is 0. The standard InChI is InChI=1S/C15H23NO5/c1-10(2)16-8-11-6-12(18-3)15(13(7-11)19-4)21-9-14(17)20-5/h6-7,10,16H,8-9H2,1-5H3. The smallest absolute Gasteiger partial charge is 0.343 e. The lowest BCUT2D eigenvalue weighted by Gasteiger charge is -2.16. The van der Waals surface area contributed by atoms with Crippen molar-refractivity contribution in [3.63, 3.8) is 0 Å². The number of carbonyl (C=O) groups is 1. The van der Waals surface area contributed by atoms with Crippen molar-refractivity contribution in [1.82, 2.24) is 5.32 Å². The van der Waals surface area contributed by atoms with Gasteiger partial charge in [0.15, 0.2) is 18.1 Å². The van der Waals surface area contributed by atoms with Gasteiger partial charge in [0.25, 0.3) is 0 Å². The molecule has 0 unspecified atom stereocenters. The number of nitrogens with one attached hydrogen (secondary N) is 1. The zero-order valence-electron chi connectivity index (χ0n) is 13.2. The molecule has 0 fully saturated rings. The maximum atomic E-state index is 11.2. The molecule has 0 aliphatic heterocycles. The predicted molar refractivity (Wildman–Crippen MR) is 79.0 cm³/mol. The second kappa shape index (κ2) is 8.36. The van der Waals surface area contributed by atoms with Crippen molar-refractivity contribution in [2.75, 3.05) is 27.9 Å². The third kappa shape index (κ3) is 5.15. The molecular weight excluding hydrogens is 274 g/mol. The molecule has 1 N–H and O–H groups in total. The third-order valence-electron chi connectivity index (χ3n) is 2.80. The van der Waals surface area contributed by atoms with Gasteiger partial charge in [-0.05, 0) is 17.7 Å². The Morgan fingerprint density at radius 3 is 2.14 bits per heavy atom. The van der Waals surface area contributed by atoms with Crippen molar-refractivity contribution in [1.29, 1.82) is 0 Å². The molecule has 0 aliphatic rings. The highest BCUT2D eigenvalue weighted by Crippen LogP contribution is 2.38. The fourth-order valence-electron chi connectivity index (χ4n) is 1.69. The van der Waals surface area contributed by atoms with Gasteiger partial charge >= 0.3 is 5.97 Å². The van der Waals surface area contributed by atoms with Crippen LogP contribution in [0.25, 0.3) is 0 Å². The highest BCUT2D eigenvalue weighted by Gasteiger charge is 2.16. The number of methoxy groups -OCH3 is 3. The van der Waals surface area contributed by atoms with Crippen LogP contribution in [0.5, 0.6) is 17.2 Å². The Balaban J connectivity index is 2.97. The first kappa shape index (κ1) is 17.1. The van der Waals surface area contributed by atoms with Crippen LogP contribution in [-0.2, 0) is 16.1 Å². The van der Waals surface area contributed by atoms with Crippen molar-refractivity contribution in [2.45, 2.75) is 26.4 Å². The quantitative estimate of drug-likeness (QED) is 0.738. The van der Waals surface area contributed by atoms with Crippen LogP contribution in [0.4, 0.5) is 0 Å². The van der Waals surface area contributed by atoms with E-state index in [9.17, 15) is 4.79 Å². The van der Waals surface area contributed by atoms with Crippen LogP contribution in [0.1, 0.15) is 19.4 Å². The fourth-order valence-corrected chi connectivity index (χ4v) is 1.69. The molecule has 0 amide bonds. The molecule has 21 heavy (non-hydrogen) atoms. The lowest BCUT2D eigenvalue weighted by molar-refractivity contribution is -0.142. The maximum Gasteiger partial charge on any atom is 0.343 e. The molecule has 118 valence electrons. The molecular formula is C15H23NO5. The zero-order chi connectivity index (χ0) is 15.8. The van der Waals surface area contributed by atoms with E-state index in [1.807, 2.05) is 12.1 Å². The molecule has 0 atom stereocenters. The van der Waals surface area contributed by atoms with Gasteiger partial charge in [0.2, 0.25) is 5.75 Å². The van der Waals surface area contributed by atoms with Gasteiger partial charge in [-0.2, -0.15) is 0 Å². The Kier molecular flexibility index (Phi) is 6.81. The van der Waals surface area contributed by atoms with Crippen molar-refractivity contribution in [3.8, 4) is 17.2 Å². The Morgan fingerprint density at radius 2 is 1.71 bits per heavy atom. The van der Waals surface area contributed by atoms with Crippen LogP contribution in [0.3, 0.4) is 0 Å². The summed E-state index contributed by atoms with van der Waals surface area (Å²) in [6.07, 6.45) is 0. The number of ether oxygens (including phenoxy) is 4. The van der Waals surface area contributed by atoms with Gasteiger partial charge < -0.3 is 24.3 Å². The lowest BCUT2D eigenvalue weighted by Crippen LogP contribution is -2.22. The average Bonchev–Trinajstić information content (AvgIpc) is 2.49. The molecule has 0 saturated heterocycles. The summed E-state index contributed by atoms with van der Waals surface area (Å²) in [5.74, 6) is 0.945. The van der Waals surface area contributed by atoms with Gasteiger partial charge in [0.05, 0.1) is 21.3 Å². The highest BCUT2D eigenvalue weighted by molar-refractivity contribution is 5.71. The molecule has 0 aromatic heterocycles. The molecule has 1 rings (SSSR count). The van der Waals surface area contributed by atoms with Crippen molar-refractivity contribution in [2.24, 2.45) is 0 Å². The molecule has 0 heterocycles. The van der Waals surface area contributed by atoms with Gasteiger partial charge in [-0.1, -0.05) is 13.8 Å². The van der Waals surface area contributed by atoms with Gasteiger partial charge in [-0.3, -0.25) is 0 Å². The van der Waals surface area contributed by atoms with E-state index in [0.29, 0.717) is 29.8 Å². The second-order valence-corrected chi connectivity index (χ2v) is 4.73. The molecule has 6 heteroatoms. The summed E-state index contributed by atoms with van der Waals surface area (Å²) in [6.45, 7) is 4.62. The molecule has 0 spiro atoms. The van der Waals surface area contributed by atoms with E-state index in [1.165, 1.54) is 7.11 Å². The topological polar surface area (TPSA) is 66.0 Å². The van der Waals surface area contributed by atoms with E-state index < -0.39 is 5.97 Å². The number of esters is 1. The summed E-state index contributed by atoms with van der Waals surface area (Å²) in [5, 5.41) is 3.32. The minimum absolute atomic E-state index is 0.202. The molecule has 6 nitrogen and oxygen atoms in total. The van der Waals surface area contributed by atoms with Crippen molar-refractivity contribution in [3.05, 3.63) is 17.7 Å². The van der Waals surface area contributed by atoms with Gasteiger partial charge in [0, 0.05) is 12.6 Å². The van der Waals surface area contributed by atoms with E-state index >= 15 is 0 Å². The Hall–Kier alpha value is -1.95. The predicted octanol–water partition coefficient (Wildman–Crippen LogP) is 1.75. The van der Waals surface area contributed by atoms with E-state index in [1.54, 1.807) is 14.2 Å². The van der Waals surface area contributed by atoms with Crippen LogP contribution in [-0.4, -0.2) is 39.9 Å². The summed E-state index contributed by atoms with van der Waals surface area (Å²) in [5.41, 5.74) is 1.00. The SMILES string of the molecule is COC(=O)COc1c(OC)cc(CNC(C)C)cc1OC. The first-order valence-corrected chi connectivity index (χ1v) is 6.69. The largest absolute Gasteiger partial charge is 0.493 e. The molecule has 0 radical (unpaired) electrons. The van der Waals surface area contributed by atoms with E-state index in [0.717, 1.165) is 5.56 Å². The first-order valence-electron chi connectivity index (χ1n) is 6.69. The zero-order valence-corrected chi connectivity index (χ0v) is 13.2. The normalized spacial score (nSPS) is 10.4. The van der Waals surface area contributed by atoms with Crippen LogP contribution in [0.15, 0.2) is 12.1 Å². The summed E-state index contributed by atoms with van der Waals surface area (Å²) in [4.78, 5) is 11.2. The van der Waals surface area contributed by atoms with Crippen LogP contribution >= 0.6 is 0 Å². The van der Waals surface area contributed by atoms with E-state index in [-0.39, 0.29) is 6.61 Å². The second-order valence-electron chi connectivity index (χ2n) is 4.73. The number of hydrogen-bond acceptors (Lipinski definition) is 6. The lowest BCUT2D eigenvalue weighted by atomic mass is 10.1. The summed E-state index contributed by atoms with van der Waals surface area (Å²) in [6, 6.07) is 4.08. The highest BCUT2D eigenvalue weighted by atomic mass is 16.6. The number of hydrogen-bond donors (Lipinski definition) is 1. The monoisotopic (exact) mass is 297 g/mol. The number of benzene rings is 1. The minimum atomic E-state index is -0.468. The van der Waals surface area contributed by atoms with E-state index in [2.05, 4.69) is 23.9 Å². The van der Waals surface area contributed by atoms with Crippen molar-refractivity contribution >= 4 is 5.97 Å². The molecule has 1 aromatic carbocycles. The molecule has 0 bridgehead atoms. The van der Waals surface area contributed by atoms with Gasteiger partial charge in [-0.15, -0.1) is 0 Å². The Labute approximate surface area is 125 Å². The summed E-state index contributed by atoms with van der Waals surface area (Å²) in [7, 11) is 4.39. The van der Waals surface area contributed by atoms with Gasteiger partial charge in [0.1, 0.15) is 0 Å². The van der Waals surface area contributed by atoms with Gasteiger partial charge in [-0.25, -0.2) is 4.79 Å². The van der Waals surface area contributed by atoms with E-state index in [4.69, 9.17) is 14.2 Å². The third-order valence-corrected chi connectivity index (χ3v) is 2.80. The maximum absolute atomic E-state index is 11.2. The minimum Gasteiger partial charge on any atom is -0.493 e.